The van der Waals surface area contributed by atoms with Crippen molar-refractivity contribution in [1.82, 2.24) is 0 Å². The molecule has 0 amide bonds. The molecule has 0 unspecified atom stereocenters. The van der Waals surface area contributed by atoms with Crippen molar-refractivity contribution in [2.75, 3.05) is 0 Å². The van der Waals surface area contributed by atoms with Crippen LogP contribution in [0.2, 0.25) is 0 Å². The fourth-order valence-electron chi connectivity index (χ4n) is 1.04. The summed E-state index contributed by atoms with van der Waals surface area (Å²) in [6, 6.07) is 0. The molecule has 0 aliphatic heterocycles. The second-order valence-corrected chi connectivity index (χ2v) is 5.67. The average molecular weight is 210 g/mol. The van der Waals surface area contributed by atoms with Gasteiger partial charge in [-0.05, 0) is 31.3 Å². The van der Waals surface area contributed by atoms with Crippen molar-refractivity contribution < 1.29 is 4.79 Å². The van der Waals surface area contributed by atoms with Gasteiger partial charge in [0.2, 0.25) is 0 Å². The predicted molar refractivity (Wildman–Crippen MR) is 66.9 cm³/mol. The Kier molecular flexibility index (Phi) is 4.76. The molecule has 0 aliphatic carbocycles. The van der Waals surface area contributed by atoms with Crippen molar-refractivity contribution in [1.29, 1.82) is 0 Å². The summed E-state index contributed by atoms with van der Waals surface area (Å²) < 4.78 is 0. The van der Waals surface area contributed by atoms with Crippen molar-refractivity contribution in [3.05, 3.63) is 11.6 Å². The third-order valence-electron chi connectivity index (χ3n) is 3.85. The standard InChI is InChI=1S/C14H26O/c1-8-13(4,5)11(3)10-12(15)14(6,7)9-2/h10H,8-9H2,1-7H3. The number of carbonyl (C=O) groups is 1. The fourth-order valence-corrected chi connectivity index (χ4v) is 1.04. The lowest BCUT2D eigenvalue weighted by Crippen LogP contribution is -2.23. The smallest absolute Gasteiger partial charge is 0.161 e. The second kappa shape index (κ2) is 4.96. The van der Waals surface area contributed by atoms with E-state index in [1.807, 2.05) is 19.9 Å². The summed E-state index contributed by atoms with van der Waals surface area (Å²) in [5, 5.41) is 0. The molecule has 1 nitrogen and oxygen atoms in total. The highest BCUT2D eigenvalue weighted by molar-refractivity contribution is 5.94. The zero-order valence-electron chi connectivity index (χ0n) is 11.4. The summed E-state index contributed by atoms with van der Waals surface area (Å²) in [6.45, 7) is 14.7. The Labute approximate surface area is 95.0 Å². The fraction of sp³-hybridized carbons (Fsp3) is 0.786. The third kappa shape index (κ3) is 3.81. The van der Waals surface area contributed by atoms with E-state index in [4.69, 9.17) is 0 Å². The van der Waals surface area contributed by atoms with Gasteiger partial charge in [0.1, 0.15) is 0 Å². The maximum atomic E-state index is 12.0. The van der Waals surface area contributed by atoms with E-state index in [2.05, 4.69) is 34.6 Å². The zero-order valence-corrected chi connectivity index (χ0v) is 11.4. The van der Waals surface area contributed by atoms with Crippen LogP contribution in [-0.2, 0) is 4.79 Å². The maximum absolute atomic E-state index is 12.0. The lowest BCUT2D eigenvalue weighted by atomic mass is 9.78. The Hall–Kier alpha value is -0.590. The number of ketones is 1. The summed E-state index contributed by atoms with van der Waals surface area (Å²) in [5.74, 6) is 0.254. The minimum absolute atomic E-state index is 0.138. The van der Waals surface area contributed by atoms with Gasteiger partial charge < -0.3 is 0 Å². The monoisotopic (exact) mass is 210 g/mol. The molecule has 0 aromatic rings. The molecule has 0 aliphatic rings. The maximum Gasteiger partial charge on any atom is 0.161 e. The first kappa shape index (κ1) is 14.4. The highest BCUT2D eigenvalue weighted by atomic mass is 16.1. The van der Waals surface area contributed by atoms with Crippen molar-refractivity contribution in [3.8, 4) is 0 Å². The number of hydrogen-bond acceptors (Lipinski definition) is 1. The van der Waals surface area contributed by atoms with Crippen molar-refractivity contribution in [2.24, 2.45) is 10.8 Å². The Balaban J connectivity index is 4.86. The SMILES string of the molecule is CCC(C)(C)C(=O)C=C(C)C(C)(C)CC. The van der Waals surface area contributed by atoms with Gasteiger partial charge in [0.05, 0.1) is 0 Å². The summed E-state index contributed by atoms with van der Waals surface area (Å²) in [5.41, 5.74) is 1.11. The van der Waals surface area contributed by atoms with E-state index < -0.39 is 0 Å². The number of rotatable bonds is 5. The average Bonchev–Trinajstić information content (AvgIpc) is 2.17. The largest absolute Gasteiger partial charge is 0.294 e. The van der Waals surface area contributed by atoms with Crippen molar-refractivity contribution in [3.63, 3.8) is 0 Å². The van der Waals surface area contributed by atoms with E-state index >= 15 is 0 Å². The van der Waals surface area contributed by atoms with E-state index in [1.165, 1.54) is 5.57 Å². The molecule has 0 bridgehead atoms. The van der Waals surface area contributed by atoms with Crippen LogP contribution in [0.4, 0.5) is 0 Å². The molecule has 0 atom stereocenters. The highest BCUT2D eigenvalue weighted by Gasteiger charge is 2.25. The van der Waals surface area contributed by atoms with Crippen LogP contribution >= 0.6 is 0 Å². The minimum Gasteiger partial charge on any atom is -0.294 e. The first-order valence-corrected chi connectivity index (χ1v) is 5.90. The molecular formula is C14H26O. The van der Waals surface area contributed by atoms with Crippen LogP contribution in [0.3, 0.4) is 0 Å². The Bertz CT molecular complexity index is 257. The van der Waals surface area contributed by atoms with Crippen LogP contribution in [0, 0.1) is 10.8 Å². The van der Waals surface area contributed by atoms with Gasteiger partial charge >= 0.3 is 0 Å². The number of hydrogen-bond donors (Lipinski definition) is 0. The van der Waals surface area contributed by atoms with Gasteiger partial charge in [0.25, 0.3) is 0 Å². The Morgan fingerprint density at radius 1 is 1.00 bits per heavy atom. The summed E-state index contributed by atoms with van der Waals surface area (Å²) in [7, 11) is 0. The first-order valence-electron chi connectivity index (χ1n) is 5.90. The van der Waals surface area contributed by atoms with Crippen molar-refractivity contribution >= 4 is 5.78 Å². The van der Waals surface area contributed by atoms with Gasteiger partial charge in [-0.25, -0.2) is 0 Å². The van der Waals surface area contributed by atoms with E-state index in [9.17, 15) is 4.79 Å². The molecule has 0 aromatic heterocycles. The molecule has 0 heterocycles. The number of carbonyl (C=O) groups excluding carboxylic acids is 1. The molecule has 0 radical (unpaired) electrons. The Morgan fingerprint density at radius 2 is 1.40 bits per heavy atom. The van der Waals surface area contributed by atoms with Crippen LogP contribution < -0.4 is 0 Å². The van der Waals surface area contributed by atoms with Crippen LogP contribution in [0.1, 0.15) is 61.3 Å². The van der Waals surface area contributed by atoms with Crippen LogP contribution in [0.5, 0.6) is 0 Å². The first-order chi connectivity index (χ1) is 6.67. The van der Waals surface area contributed by atoms with Crippen LogP contribution in [0.15, 0.2) is 11.6 Å². The van der Waals surface area contributed by atoms with Gasteiger partial charge in [0, 0.05) is 5.41 Å². The van der Waals surface area contributed by atoms with Gasteiger partial charge in [-0.1, -0.05) is 47.1 Å². The van der Waals surface area contributed by atoms with E-state index in [0.717, 1.165) is 12.8 Å². The van der Waals surface area contributed by atoms with Gasteiger partial charge in [0.15, 0.2) is 5.78 Å². The minimum atomic E-state index is -0.217. The lowest BCUT2D eigenvalue weighted by molar-refractivity contribution is -0.122. The van der Waals surface area contributed by atoms with E-state index in [-0.39, 0.29) is 16.6 Å². The summed E-state index contributed by atoms with van der Waals surface area (Å²) in [4.78, 5) is 12.0. The molecule has 0 saturated carbocycles. The van der Waals surface area contributed by atoms with Gasteiger partial charge in [-0.2, -0.15) is 0 Å². The molecule has 0 N–H and O–H groups in total. The molecular weight excluding hydrogens is 184 g/mol. The molecule has 0 aromatic carbocycles. The van der Waals surface area contributed by atoms with E-state index in [1.54, 1.807) is 0 Å². The molecule has 88 valence electrons. The summed E-state index contributed by atoms with van der Waals surface area (Å²) >= 11 is 0. The van der Waals surface area contributed by atoms with Gasteiger partial charge in [-0.15, -0.1) is 0 Å². The van der Waals surface area contributed by atoms with Crippen molar-refractivity contribution in [2.45, 2.75) is 61.3 Å². The van der Waals surface area contributed by atoms with Gasteiger partial charge in [-0.3, -0.25) is 4.79 Å². The zero-order chi connectivity index (χ0) is 12.3. The quantitative estimate of drug-likeness (QED) is 0.616. The second-order valence-electron chi connectivity index (χ2n) is 5.67. The van der Waals surface area contributed by atoms with Crippen LogP contribution in [0.25, 0.3) is 0 Å². The molecule has 0 spiro atoms. The predicted octanol–water partition coefficient (Wildman–Crippen LogP) is 4.37. The normalized spacial score (nSPS) is 14.2. The Morgan fingerprint density at radius 3 is 1.73 bits per heavy atom. The molecule has 0 saturated heterocycles. The third-order valence-corrected chi connectivity index (χ3v) is 3.85. The summed E-state index contributed by atoms with van der Waals surface area (Å²) in [6.07, 6.45) is 3.80. The molecule has 0 fully saturated rings. The molecule has 0 rings (SSSR count). The highest BCUT2D eigenvalue weighted by Crippen LogP contribution is 2.31. The number of allylic oxidation sites excluding steroid dienone is 2. The lowest BCUT2D eigenvalue weighted by Gasteiger charge is -2.26. The molecule has 1 heteroatoms. The topological polar surface area (TPSA) is 17.1 Å². The van der Waals surface area contributed by atoms with Crippen LogP contribution in [-0.4, -0.2) is 5.78 Å². The molecule has 15 heavy (non-hydrogen) atoms. The van der Waals surface area contributed by atoms with E-state index in [0.29, 0.717) is 0 Å².